The largest absolute Gasteiger partial charge is 0.384 e. The van der Waals surface area contributed by atoms with Crippen molar-refractivity contribution < 1.29 is 4.79 Å². The molecule has 2 aromatic carbocycles. The van der Waals surface area contributed by atoms with Crippen LogP contribution >= 0.6 is 11.6 Å². The molecule has 3 rings (SSSR count). The highest BCUT2D eigenvalue weighted by molar-refractivity contribution is 6.31. The van der Waals surface area contributed by atoms with Crippen LogP contribution in [0, 0.1) is 0 Å². The molecule has 90 valence electrons. The number of benzene rings is 2. The summed E-state index contributed by atoms with van der Waals surface area (Å²) in [5.74, 6) is 0.00833. The van der Waals surface area contributed by atoms with Crippen LogP contribution in [0.25, 0.3) is 0 Å². The predicted octanol–water partition coefficient (Wildman–Crippen LogP) is 3.54. The molecule has 0 aliphatic carbocycles. The van der Waals surface area contributed by atoms with Gasteiger partial charge in [-0.2, -0.15) is 0 Å². The van der Waals surface area contributed by atoms with Crippen LogP contribution in [0.4, 0.5) is 5.69 Å². The maximum absolute atomic E-state index is 12.3. The van der Waals surface area contributed by atoms with Gasteiger partial charge in [-0.3, -0.25) is 4.79 Å². The minimum atomic E-state index is 0.00833. The van der Waals surface area contributed by atoms with Crippen LogP contribution in [0.3, 0.4) is 0 Å². The summed E-state index contributed by atoms with van der Waals surface area (Å²) in [7, 11) is 0. The zero-order valence-electron chi connectivity index (χ0n) is 9.74. The molecule has 0 bridgehead atoms. The van der Waals surface area contributed by atoms with E-state index in [1.807, 2.05) is 18.2 Å². The average molecular weight is 258 g/mol. The fraction of sp³-hybridized carbons (Fsp3) is 0.133. The first-order chi connectivity index (χ1) is 8.74. The first kappa shape index (κ1) is 11.3. The minimum absolute atomic E-state index is 0.00833. The summed E-state index contributed by atoms with van der Waals surface area (Å²) >= 11 is 5.91. The molecular formula is C15H12ClNO. The lowest BCUT2D eigenvalue weighted by atomic mass is 10.0. The van der Waals surface area contributed by atoms with Crippen molar-refractivity contribution in [3.05, 3.63) is 64.2 Å². The van der Waals surface area contributed by atoms with E-state index in [2.05, 4.69) is 5.32 Å². The Morgan fingerprint density at radius 1 is 1.11 bits per heavy atom. The molecule has 0 amide bonds. The molecule has 1 N–H and O–H groups in total. The molecule has 0 atom stereocenters. The van der Waals surface area contributed by atoms with E-state index < -0.39 is 0 Å². The van der Waals surface area contributed by atoms with Crippen molar-refractivity contribution in [3.63, 3.8) is 0 Å². The molecule has 3 heteroatoms. The Morgan fingerprint density at radius 2 is 1.94 bits per heavy atom. The van der Waals surface area contributed by atoms with Gasteiger partial charge in [0, 0.05) is 28.4 Å². The molecule has 2 aromatic rings. The van der Waals surface area contributed by atoms with Crippen molar-refractivity contribution in [2.75, 3.05) is 11.9 Å². The van der Waals surface area contributed by atoms with E-state index in [4.69, 9.17) is 11.6 Å². The lowest BCUT2D eigenvalue weighted by Crippen LogP contribution is -2.01. The fourth-order valence-electron chi connectivity index (χ4n) is 2.23. The molecule has 0 saturated heterocycles. The fourth-order valence-corrected chi connectivity index (χ4v) is 2.42. The summed E-state index contributed by atoms with van der Waals surface area (Å²) < 4.78 is 0. The van der Waals surface area contributed by atoms with Gasteiger partial charge in [0.2, 0.25) is 0 Å². The van der Waals surface area contributed by atoms with Crippen LogP contribution in [-0.2, 0) is 6.42 Å². The number of ketones is 1. The van der Waals surface area contributed by atoms with Crippen molar-refractivity contribution in [2.45, 2.75) is 6.42 Å². The molecule has 0 radical (unpaired) electrons. The summed E-state index contributed by atoms with van der Waals surface area (Å²) in [4.78, 5) is 12.3. The summed E-state index contributed by atoms with van der Waals surface area (Å²) in [5, 5.41) is 3.86. The van der Waals surface area contributed by atoms with E-state index in [0.29, 0.717) is 16.1 Å². The first-order valence-corrected chi connectivity index (χ1v) is 6.29. The Labute approximate surface area is 111 Å². The van der Waals surface area contributed by atoms with Gasteiger partial charge in [0.05, 0.1) is 0 Å². The first-order valence-electron chi connectivity index (χ1n) is 5.91. The van der Waals surface area contributed by atoms with Crippen LogP contribution in [0.1, 0.15) is 21.5 Å². The van der Waals surface area contributed by atoms with Crippen molar-refractivity contribution in [1.82, 2.24) is 0 Å². The maximum Gasteiger partial charge on any atom is 0.193 e. The van der Waals surface area contributed by atoms with Crippen LogP contribution in [0.5, 0.6) is 0 Å². The van der Waals surface area contributed by atoms with Gasteiger partial charge in [-0.05, 0) is 30.2 Å². The van der Waals surface area contributed by atoms with Gasteiger partial charge in [0.15, 0.2) is 5.78 Å². The van der Waals surface area contributed by atoms with Gasteiger partial charge < -0.3 is 5.32 Å². The Hall–Kier alpha value is -1.80. The van der Waals surface area contributed by atoms with E-state index in [1.54, 1.807) is 24.3 Å². The van der Waals surface area contributed by atoms with E-state index in [0.717, 1.165) is 18.7 Å². The number of nitrogens with one attached hydrogen (secondary N) is 1. The highest BCUT2D eigenvalue weighted by Crippen LogP contribution is 2.24. The van der Waals surface area contributed by atoms with Crippen molar-refractivity contribution in [1.29, 1.82) is 0 Å². The lowest BCUT2D eigenvalue weighted by Gasteiger charge is -2.05. The average Bonchev–Trinajstić information content (AvgIpc) is 2.85. The van der Waals surface area contributed by atoms with Crippen LogP contribution in [0.2, 0.25) is 5.02 Å². The molecule has 0 unspecified atom stereocenters. The summed E-state index contributed by atoms with van der Waals surface area (Å²) in [6.07, 6.45) is 1.03. The molecule has 1 heterocycles. The molecule has 18 heavy (non-hydrogen) atoms. The second-order valence-corrected chi connectivity index (χ2v) is 4.82. The molecule has 0 aromatic heterocycles. The molecule has 1 aliphatic heterocycles. The molecular weight excluding hydrogens is 246 g/mol. The third kappa shape index (κ3) is 2.00. The normalized spacial score (nSPS) is 12.9. The molecule has 0 fully saturated rings. The van der Waals surface area contributed by atoms with Crippen LogP contribution < -0.4 is 5.32 Å². The van der Waals surface area contributed by atoms with E-state index >= 15 is 0 Å². The van der Waals surface area contributed by atoms with Crippen molar-refractivity contribution in [2.24, 2.45) is 0 Å². The van der Waals surface area contributed by atoms with Gasteiger partial charge in [-0.15, -0.1) is 0 Å². The SMILES string of the molecule is O=C(c1cccc(Cl)c1)c1ccc2c(c1)NCC2. The zero-order valence-corrected chi connectivity index (χ0v) is 10.5. The Balaban J connectivity index is 1.98. The van der Waals surface area contributed by atoms with Gasteiger partial charge >= 0.3 is 0 Å². The second kappa shape index (κ2) is 4.46. The highest BCUT2D eigenvalue weighted by Gasteiger charge is 2.14. The van der Waals surface area contributed by atoms with Gasteiger partial charge in [-0.1, -0.05) is 35.9 Å². The predicted molar refractivity (Wildman–Crippen MR) is 73.5 cm³/mol. The van der Waals surface area contributed by atoms with Crippen LogP contribution in [-0.4, -0.2) is 12.3 Å². The lowest BCUT2D eigenvalue weighted by molar-refractivity contribution is 0.103. The zero-order chi connectivity index (χ0) is 12.5. The highest BCUT2D eigenvalue weighted by atomic mass is 35.5. The number of rotatable bonds is 2. The van der Waals surface area contributed by atoms with E-state index in [9.17, 15) is 4.79 Å². The molecule has 2 nitrogen and oxygen atoms in total. The summed E-state index contributed by atoms with van der Waals surface area (Å²) in [6, 6.07) is 12.9. The number of halogens is 1. The van der Waals surface area contributed by atoms with Gasteiger partial charge in [-0.25, -0.2) is 0 Å². The standard InChI is InChI=1S/C15H12ClNO/c16-13-3-1-2-11(8-13)15(18)12-5-4-10-6-7-17-14(10)9-12/h1-5,8-9,17H,6-7H2. The Morgan fingerprint density at radius 3 is 2.78 bits per heavy atom. The topological polar surface area (TPSA) is 29.1 Å². The number of carbonyl (C=O) groups is 1. The number of hydrogen-bond donors (Lipinski definition) is 1. The van der Waals surface area contributed by atoms with E-state index in [1.165, 1.54) is 5.56 Å². The van der Waals surface area contributed by atoms with Crippen molar-refractivity contribution >= 4 is 23.1 Å². The monoisotopic (exact) mass is 257 g/mol. The van der Waals surface area contributed by atoms with E-state index in [-0.39, 0.29) is 5.78 Å². The molecule has 0 saturated carbocycles. The third-order valence-corrected chi connectivity index (χ3v) is 3.40. The van der Waals surface area contributed by atoms with Crippen molar-refractivity contribution in [3.8, 4) is 0 Å². The summed E-state index contributed by atoms with van der Waals surface area (Å²) in [5.41, 5.74) is 3.67. The Kier molecular flexibility index (Phi) is 2.80. The number of hydrogen-bond acceptors (Lipinski definition) is 2. The number of anilines is 1. The third-order valence-electron chi connectivity index (χ3n) is 3.17. The molecule has 1 aliphatic rings. The number of fused-ring (bicyclic) bond motifs is 1. The summed E-state index contributed by atoms with van der Waals surface area (Å²) in [6.45, 7) is 0.949. The quantitative estimate of drug-likeness (QED) is 0.834. The number of carbonyl (C=O) groups excluding carboxylic acids is 1. The Bertz CT molecular complexity index is 622. The maximum atomic E-state index is 12.3. The van der Waals surface area contributed by atoms with Gasteiger partial charge in [0.25, 0.3) is 0 Å². The molecule has 0 spiro atoms. The van der Waals surface area contributed by atoms with Gasteiger partial charge in [0.1, 0.15) is 0 Å². The second-order valence-electron chi connectivity index (χ2n) is 4.39. The smallest absolute Gasteiger partial charge is 0.193 e. The minimum Gasteiger partial charge on any atom is -0.384 e. The van der Waals surface area contributed by atoms with Crippen LogP contribution in [0.15, 0.2) is 42.5 Å².